The van der Waals surface area contributed by atoms with Crippen LogP contribution in [0, 0.1) is 13.8 Å². The molecule has 24 heavy (non-hydrogen) atoms. The second kappa shape index (κ2) is 5.98. The molecule has 0 N–H and O–H groups in total. The molecule has 0 spiro atoms. The van der Waals surface area contributed by atoms with Gasteiger partial charge in [0.15, 0.2) is 5.82 Å². The lowest BCUT2D eigenvalue weighted by atomic mass is 10.2. The van der Waals surface area contributed by atoms with E-state index in [4.69, 9.17) is 9.51 Å². The van der Waals surface area contributed by atoms with E-state index in [1.165, 1.54) is 0 Å². The minimum Gasteiger partial charge on any atom is -0.339 e. The molecule has 0 saturated carbocycles. The Bertz CT molecular complexity index is 867. The number of nitrogens with zero attached hydrogens (tertiary/aromatic N) is 6. The summed E-state index contributed by atoms with van der Waals surface area (Å²) in [6.45, 7) is 7.91. The molecule has 0 radical (unpaired) electrons. The highest BCUT2D eigenvalue weighted by atomic mass is 16.5. The number of aromatic nitrogens is 5. The molecule has 0 amide bonds. The van der Waals surface area contributed by atoms with Crippen molar-refractivity contribution in [2.24, 2.45) is 0 Å². The van der Waals surface area contributed by atoms with Gasteiger partial charge in [-0.2, -0.15) is 4.98 Å². The van der Waals surface area contributed by atoms with Crippen molar-refractivity contribution in [2.45, 2.75) is 52.6 Å². The summed E-state index contributed by atoms with van der Waals surface area (Å²) < 4.78 is 7.34. The summed E-state index contributed by atoms with van der Waals surface area (Å²) in [5.41, 5.74) is 3.18. The standard InChI is InChI=1S/C17H22N6O/c1-4-15-20-16(21-24-15)14-6-5-7-22(14)9-13-10-23-12(3)8-11(2)18-17(23)19-13/h8,10,14H,4-7,9H2,1-3H3. The molecule has 7 nitrogen and oxygen atoms in total. The van der Waals surface area contributed by atoms with Gasteiger partial charge in [-0.05, 0) is 39.3 Å². The Morgan fingerprint density at radius 1 is 1.25 bits per heavy atom. The van der Waals surface area contributed by atoms with E-state index in [0.717, 1.165) is 61.0 Å². The second-order valence-corrected chi connectivity index (χ2v) is 6.47. The molecular formula is C17H22N6O. The van der Waals surface area contributed by atoms with E-state index in [2.05, 4.69) is 43.6 Å². The van der Waals surface area contributed by atoms with Gasteiger partial charge in [-0.3, -0.25) is 9.30 Å². The number of rotatable bonds is 4. The zero-order valence-electron chi connectivity index (χ0n) is 14.4. The summed E-state index contributed by atoms with van der Waals surface area (Å²) >= 11 is 0. The maximum absolute atomic E-state index is 5.28. The highest BCUT2D eigenvalue weighted by Gasteiger charge is 2.30. The second-order valence-electron chi connectivity index (χ2n) is 6.47. The van der Waals surface area contributed by atoms with Crippen molar-refractivity contribution in [3.63, 3.8) is 0 Å². The Morgan fingerprint density at radius 3 is 2.92 bits per heavy atom. The van der Waals surface area contributed by atoms with Crippen LogP contribution in [0.4, 0.5) is 0 Å². The van der Waals surface area contributed by atoms with Gasteiger partial charge in [0.05, 0.1) is 11.7 Å². The molecular weight excluding hydrogens is 304 g/mol. The summed E-state index contributed by atoms with van der Waals surface area (Å²) in [5.74, 6) is 2.28. The highest BCUT2D eigenvalue weighted by Crippen LogP contribution is 2.31. The molecule has 0 bridgehead atoms. The van der Waals surface area contributed by atoms with E-state index in [1.807, 2.05) is 13.8 Å². The molecule has 0 aromatic carbocycles. The summed E-state index contributed by atoms with van der Waals surface area (Å²) in [4.78, 5) is 16.1. The topological polar surface area (TPSA) is 72.4 Å². The van der Waals surface area contributed by atoms with Crippen LogP contribution in [0.25, 0.3) is 5.78 Å². The first kappa shape index (κ1) is 15.3. The molecule has 3 aromatic rings. The Balaban J connectivity index is 1.58. The summed E-state index contributed by atoms with van der Waals surface area (Å²) in [6.07, 6.45) is 5.06. The van der Waals surface area contributed by atoms with Crippen LogP contribution in [0.15, 0.2) is 16.8 Å². The molecule has 3 aromatic heterocycles. The van der Waals surface area contributed by atoms with Crippen LogP contribution in [0.1, 0.15) is 54.6 Å². The van der Waals surface area contributed by atoms with Gasteiger partial charge in [0.2, 0.25) is 11.7 Å². The van der Waals surface area contributed by atoms with Gasteiger partial charge in [-0.25, -0.2) is 9.97 Å². The van der Waals surface area contributed by atoms with Gasteiger partial charge in [0.25, 0.3) is 0 Å². The third-order valence-electron chi connectivity index (χ3n) is 4.62. The SMILES string of the molecule is CCc1nc(C2CCCN2Cc2cn3c(C)cc(C)nc3n2)no1. The maximum atomic E-state index is 5.28. The van der Waals surface area contributed by atoms with E-state index in [1.54, 1.807) is 0 Å². The number of imidazole rings is 1. The molecule has 1 fully saturated rings. The normalized spacial score (nSPS) is 18.7. The first-order chi connectivity index (χ1) is 11.6. The Labute approximate surface area is 140 Å². The van der Waals surface area contributed by atoms with Gasteiger partial charge in [0, 0.05) is 30.6 Å². The van der Waals surface area contributed by atoms with Gasteiger partial charge in [-0.15, -0.1) is 0 Å². The summed E-state index contributed by atoms with van der Waals surface area (Å²) in [7, 11) is 0. The van der Waals surface area contributed by atoms with Gasteiger partial charge < -0.3 is 4.52 Å². The zero-order chi connectivity index (χ0) is 16.7. The average molecular weight is 326 g/mol. The minimum atomic E-state index is 0.217. The van der Waals surface area contributed by atoms with Crippen molar-refractivity contribution in [3.05, 3.63) is 41.1 Å². The van der Waals surface area contributed by atoms with Gasteiger partial charge in [0.1, 0.15) is 0 Å². The van der Waals surface area contributed by atoms with E-state index in [-0.39, 0.29) is 6.04 Å². The number of likely N-dealkylation sites (tertiary alicyclic amines) is 1. The average Bonchev–Trinajstić information content (AvgIpc) is 3.25. The maximum Gasteiger partial charge on any atom is 0.234 e. The number of hydrogen-bond donors (Lipinski definition) is 0. The number of aryl methyl sites for hydroxylation is 3. The molecule has 4 heterocycles. The Hall–Kier alpha value is -2.28. The van der Waals surface area contributed by atoms with Crippen molar-refractivity contribution in [1.82, 2.24) is 29.4 Å². The molecule has 1 aliphatic heterocycles. The number of hydrogen-bond acceptors (Lipinski definition) is 6. The summed E-state index contributed by atoms with van der Waals surface area (Å²) in [6, 6.07) is 2.29. The predicted molar refractivity (Wildman–Crippen MR) is 88.5 cm³/mol. The van der Waals surface area contributed by atoms with Crippen molar-refractivity contribution in [2.75, 3.05) is 6.54 Å². The van der Waals surface area contributed by atoms with Crippen molar-refractivity contribution in [1.29, 1.82) is 0 Å². The van der Waals surface area contributed by atoms with Crippen LogP contribution in [0.2, 0.25) is 0 Å². The number of fused-ring (bicyclic) bond motifs is 1. The molecule has 1 aliphatic rings. The van der Waals surface area contributed by atoms with Crippen molar-refractivity contribution < 1.29 is 4.52 Å². The van der Waals surface area contributed by atoms with E-state index >= 15 is 0 Å². The lowest BCUT2D eigenvalue weighted by Gasteiger charge is -2.20. The Kier molecular flexibility index (Phi) is 3.80. The lowest BCUT2D eigenvalue weighted by Crippen LogP contribution is -2.23. The van der Waals surface area contributed by atoms with Crippen LogP contribution in [0.3, 0.4) is 0 Å². The third kappa shape index (κ3) is 2.69. The van der Waals surface area contributed by atoms with Crippen LogP contribution < -0.4 is 0 Å². The molecule has 1 atom stereocenters. The molecule has 1 unspecified atom stereocenters. The zero-order valence-corrected chi connectivity index (χ0v) is 14.4. The predicted octanol–water partition coefficient (Wildman–Crippen LogP) is 2.63. The third-order valence-corrected chi connectivity index (χ3v) is 4.62. The fourth-order valence-electron chi connectivity index (χ4n) is 3.46. The molecule has 7 heteroatoms. The van der Waals surface area contributed by atoms with Gasteiger partial charge in [-0.1, -0.05) is 12.1 Å². The fraction of sp³-hybridized carbons (Fsp3) is 0.529. The molecule has 4 rings (SSSR count). The van der Waals surface area contributed by atoms with E-state index in [9.17, 15) is 0 Å². The van der Waals surface area contributed by atoms with Crippen LogP contribution >= 0.6 is 0 Å². The van der Waals surface area contributed by atoms with Crippen LogP contribution in [-0.4, -0.2) is 36.0 Å². The first-order valence-electron chi connectivity index (χ1n) is 8.53. The summed E-state index contributed by atoms with van der Waals surface area (Å²) in [5, 5.41) is 4.16. The highest BCUT2D eigenvalue weighted by molar-refractivity contribution is 5.34. The van der Waals surface area contributed by atoms with Crippen molar-refractivity contribution >= 4 is 5.78 Å². The fourth-order valence-corrected chi connectivity index (χ4v) is 3.46. The first-order valence-corrected chi connectivity index (χ1v) is 8.53. The van der Waals surface area contributed by atoms with Gasteiger partial charge >= 0.3 is 0 Å². The lowest BCUT2D eigenvalue weighted by molar-refractivity contribution is 0.232. The Morgan fingerprint density at radius 2 is 2.12 bits per heavy atom. The minimum absolute atomic E-state index is 0.217. The van der Waals surface area contributed by atoms with Crippen LogP contribution in [-0.2, 0) is 13.0 Å². The smallest absolute Gasteiger partial charge is 0.234 e. The van der Waals surface area contributed by atoms with Crippen LogP contribution in [0.5, 0.6) is 0 Å². The largest absolute Gasteiger partial charge is 0.339 e. The van der Waals surface area contributed by atoms with Crippen molar-refractivity contribution in [3.8, 4) is 0 Å². The molecule has 0 aliphatic carbocycles. The molecule has 126 valence electrons. The monoisotopic (exact) mass is 326 g/mol. The quantitative estimate of drug-likeness (QED) is 0.734. The molecule has 1 saturated heterocycles. The van der Waals surface area contributed by atoms with E-state index < -0.39 is 0 Å². The van der Waals surface area contributed by atoms with E-state index in [0.29, 0.717) is 5.89 Å².